The van der Waals surface area contributed by atoms with E-state index in [1.165, 1.54) is 7.11 Å². The van der Waals surface area contributed by atoms with Crippen LogP contribution in [0.4, 0.5) is 0 Å². The third kappa shape index (κ3) is 2.39. The first kappa shape index (κ1) is 8.79. The molecule has 0 aliphatic carbocycles. The van der Waals surface area contributed by atoms with Gasteiger partial charge in [0.05, 0.1) is 7.11 Å². The highest BCUT2D eigenvalue weighted by Crippen LogP contribution is 2.01. The lowest BCUT2D eigenvalue weighted by molar-refractivity contribution is -0.140. The van der Waals surface area contributed by atoms with Gasteiger partial charge < -0.3 is 10.5 Å². The van der Waals surface area contributed by atoms with Crippen molar-refractivity contribution in [2.24, 2.45) is 10.7 Å². The number of guanidine groups is 1. The predicted octanol–water partition coefficient (Wildman–Crippen LogP) is -1.31. The van der Waals surface area contributed by atoms with Crippen molar-refractivity contribution in [3.8, 4) is 0 Å². The van der Waals surface area contributed by atoms with Gasteiger partial charge in [-0.25, -0.2) is 10.4 Å². The summed E-state index contributed by atoms with van der Waals surface area (Å²) in [4.78, 5) is 14.7. The number of nitrogens with two attached hydrogens (primary N) is 1. The van der Waals surface area contributed by atoms with Crippen LogP contribution >= 0.6 is 0 Å². The first-order valence-corrected chi connectivity index (χ1v) is 3.64. The summed E-state index contributed by atoms with van der Waals surface area (Å²) >= 11 is 0. The molecule has 0 radical (unpaired) electrons. The number of rotatable bonds is 3. The zero-order valence-corrected chi connectivity index (χ0v) is 6.83. The van der Waals surface area contributed by atoms with Crippen molar-refractivity contribution >= 4 is 11.9 Å². The standard InChI is InChI=1S/C6H12N4O2/c1-12-5(11)3-2-4-8-6(7)10-9-4/h4,9H,2-3H2,1H3,(H3,7,8,10). The quantitative estimate of drug-likeness (QED) is 0.460. The van der Waals surface area contributed by atoms with Gasteiger partial charge in [-0.05, 0) is 6.42 Å². The molecule has 1 rings (SSSR count). The van der Waals surface area contributed by atoms with Gasteiger partial charge in [-0.2, -0.15) is 0 Å². The second kappa shape index (κ2) is 3.91. The van der Waals surface area contributed by atoms with Crippen LogP contribution in [-0.4, -0.2) is 25.2 Å². The highest BCUT2D eigenvalue weighted by Gasteiger charge is 2.14. The van der Waals surface area contributed by atoms with E-state index in [1.807, 2.05) is 0 Å². The number of nitrogens with one attached hydrogen (secondary N) is 2. The topological polar surface area (TPSA) is 88.7 Å². The van der Waals surface area contributed by atoms with Crippen LogP contribution in [0.15, 0.2) is 4.99 Å². The Hall–Kier alpha value is -1.30. The fraction of sp³-hybridized carbons (Fsp3) is 0.667. The molecule has 6 heteroatoms. The maximum atomic E-state index is 10.7. The van der Waals surface area contributed by atoms with Crippen LogP contribution in [0.3, 0.4) is 0 Å². The van der Waals surface area contributed by atoms with Crippen LogP contribution < -0.4 is 16.6 Å². The van der Waals surface area contributed by atoms with Gasteiger partial charge in [0.2, 0.25) is 5.96 Å². The van der Waals surface area contributed by atoms with Gasteiger partial charge in [0.25, 0.3) is 0 Å². The van der Waals surface area contributed by atoms with Crippen molar-refractivity contribution in [3.63, 3.8) is 0 Å². The molecule has 0 saturated heterocycles. The zero-order valence-electron chi connectivity index (χ0n) is 6.83. The van der Waals surface area contributed by atoms with E-state index in [1.54, 1.807) is 0 Å². The summed E-state index contributed by atoms with van der Waals surface area (Å²) in [5.41, 5.74) is 10.8. The largest absolute Gasteiger partial charge is 0.469 e. The molecule has 1 atom stereocenters. The molecule has 0 fully saturated rings. The smallest absolute Gasteiger partial charge is 0.305 e. The van der Waals surface area contributed by atoms with Gasteiger partial charge in [0.15, 0.2) is 0 Å². The van der Waals surface area contributed by atoms with Gasteiger partial charge in [-0.3, -0.25) is 10.2 Å². The van der Waals surface area contributed by atoms with Crippen LogP contribution in [0.2, 0.25) is 0 Å². The number of carbonyl (C=O) groups is 1. The van der Waals surface area contributed by atoms with Gasteiger partial charge >= 0.3 is 5.97 Å². The number of carbonyl (C=O) groups excluding carboxylic acids is 1. The molecular weight excluding hydrogens is 160 g/mol. The van der Waals surface area contributed by atoms with E-state index in [4.69, 9.17) is 5.73 Å². The molecule has 68 valence electrons. The minimum absolute atomic E-state index is 0.121. The Labute approximate surface area is 70.1 Å². The molecule has 1 unspecified atom stereocenters. The number of ether oxygens (including phenoxy) is 1. The third-order valence-corrected chi connectivity index (χ3v) is 1.51. The Kier molecular flexibility index (Phi) is 2.87. The first-order valence-electron chi connectivity index (χ1n) is 3.64. The molecule has 1 aliphatic heterocycles. The van der Waals surface area contributed by atoms with E-state index < -0.39 is 0 Å². The summed E-state index contributed by atoms with van der Waals surface area (Å²) in [5.74, 6) is 0.113. The number of esters is 1. The molecule has 4 N–H and O–H groups in total. The van der Waals surface area contributed by atoms with Gasteiger partial charge in [-0.1, -0.05) is 0 Å². The monoisotopic (exact) mass is 172 g/mol. The number of hydrogen-bond acceptors (Lipinski definition) is 6. The van der Waals surface area contributed by atoms with Crippen molar-refractivity contribution in [1.82, 2.24) is 10.9 Å². The van der Waals surface area contributed by atoms with Gasteiger partial charge in [-0.15, -0.1) is 0 Å². The normalized spacial score (nSPS) is 21.4. The van der Waals surface area contributed by atoms with Crippen molar-refractivity contribution in [3.05, 3.63) is 0 Å². The Balaban J connectivity index is 2.20. The van der Waals surface area contributed by atoms with E-state index in [2.05, 4.69) is 20.6 Å². The van der Waals surface area contributed by atoms with Crippen molar-refractivity contribution in [2.75, 3.05) is 7.11 Å². The van der Waals surface area contributed by atoms with Crippen LogP contribution in [0.25, 0.3) is 0 Å². The molecule has 0 aromatic rings. The Morgan fingerprint density at radius 1 is 1.83 bits per heavy atom. The summed E-state index contributed by atoms with van der Waals surface area (Å²) in [6.07, 6.45) is 0.802. The highest BCUT2D eigenvalue weighted by molar-refractivity contribution is 5.78. The van der Waals surface area contributed by atoms with Crippen molar-refractivity contribution in [2.45, 2.75) is 19.0 Å². The van der Waals surface area contributed by atoms with E-state index in [0.29, 0.717) is 18.8 Å². The predicted molar refractivity (Wildman–Crippen MR) is 42.9 cm³/mol. The molecule has 0 bridgehead atoms. The zero-order chi connectivity index (χ0) is 8.97. The number of methoxy groups -OCH3 is 1. The van der Waals surface area contributed by atoms with Crippen LogP contribution in [0, 0.1) is 0 Å². The summed E-state index contributed by atoms with van der Waals surface area (Å²) < 4.78 is 4.47. The summed E-state index contributed by atoms with van der Waals surface area (Å²) in [6, 6.07) is 0. The molecule has 0 spiro atoms. The molecule has 0 saturated carbocycles. The molecule has 12 heavy (non-hydrogen) atoms. The maximum Gasteiger partial charge on any atom is 0.305 e. The fourth-order valence-corrected chi connectivity index (χ4v) is 0.883. The first-order chi connectivity index (χ1) is 5.72. The van der Waals surface area contributed by atoms with E-state index in [9.17, 15) is 4.79 Å². The lowest BCUT2D eigenvalue weighted by Gasteiger charge is -2.04. The summed E-state index contributed by atoms with van der Waals surface area (Å²) in [6.45, 7) is 0. The number of aliphatic imine (C=N–C) groups is 1. The molecule has 0 amide bonds. The average Bonchev–Trinajstić information content (AvgIpc) is 2.47. The van der Waals surface area contributed by atoms with E-state index >= 15 is 0 Å². The SMILES string of the molecule is COC(=O)CCC1N=C(N)NN1. The van der Waals surface area contributed by atoms with Gasteiger partial charge in [0.1, 0.15) is 6.17 Å². The average molecular weight is 172 g/mol. The fourth-order valence-electron chi connectivity index (χ4n) is 0.883. The number of nitrogens with zero attached hydrogens (tertiary/aromatic N) is 1. The van der Waals surface area contributed by atoms with Crippen LogP contribution in [0.1, 0.15) is 12.8 Å². The van der Waals surface area contributed by atoms with Crippen molar-refractivity contribution in [1.29, 1.82) is 0 Å². The van der Waals surface area contributed by atoms with Crippen LogP contribution in [0.5, 0.6) is 0 Å². The number of hydrogen-bond donors (Lipinski definition) is 3. The molecule has 1 heterocycles. The molecule has 0 aromatic carbocycles. The minimum atomic E-state index is -0.238. The van der Waals surface area contributed by atoms with E-state index in [-0.39, 0.29) is 12.1 Å². The highest BCUT2D eigenvalue weighted by atomic mass is 16.5. The molecule has 6 nitrogen and oxygen atoms in total. The van der Waals surface area contributed by atoms with Crippen molar-refractivity contribution < 1.29 is 9.53 Å². The Morgan fingerprint density at radius 2 is 2.58 bits per heavy atom. The van der Waals surface area contributed by atoms with Gasteiger partial charge in [0, 0.05) is 6.42 Å². The maximum absolute atomic E-state index is 10.7. The summed E-state index contributed by atoms with van der Waals surface area (Å²) in [7, 11) is 1.36. The van der Waals surface area contributed by atoms with E-state index in [0.717, 1.165) is 0 Å². The lowest BCUT2D eigenvalue weighted by Crippen LogP contribution is -2.38. The number of hydrazine groups is 1. The molecular formula is C6H12N4O2. The Morgan fingerprint density at radius 3 is 3.08 bits per heavy atom. The molecule has 0 aromatic heterocycles. The molecule has 1 aliphatic rings. The summed E-state index contributed by atoms with van der Waals surface area (Å²) in [5, 5.41) is 0. The Bertz CT molecular complexity index is 204. The second-order valence-corrected chi connectivity index (χ2v) is 2.41. The second-order valence-electron chi connectivity index (χ2n) is 2.41. The lowest BCUT2D eigenvalue weighted by atomic mass is 10.3. The minimum Gasteiger partial charge on any atom is -0.469 e. The van der Waals surface area contributed by atoms with Crippen LogP contribution in [-0.2, 0) is 9.53 Å². The third-order valence-electron chi connectivity index (χ3n) is 1.51.